The van der Waals surface area contributed by atoms with Gasteiger partial charge >= 0.3 is 0 Å². The highest BCUT2D eigenvalue weighted by Crippen LogP contribution is 2.20. The number of benzene rings is 2. The van der Waals surface area contributed by atoms with Crippen molar-refractivity contribution in [2.75, 3.05) is 12.8 Å². The van der Waals surface area contributed by atoms with Gasteiger partial charge in [0.15, 0.2) is 5.16 Å². The maximum Gasteiger partial charge on any atom is 0.262 e. The van der Waals surface area contributed by atoms with Crippen molar-refractivity contribution in [2.24, 2.45) is 0 Å². The smallest absolute Gasteiger partial charge is 0.262 e. The van der Waals surface area contributed by atoms with Crippen molar-refractivity contribution < 1.29 is 9.21 Å². The molecule has 2 aromatic heterocycles. The summed E-state index contributed by atoms with van der Waals surface area (Å²) >= 11 is 1.28. The molecule has 6 nitrogen and oxygen atoms in total. The first kappa shape index (κ1) is 20.9. The number of hydrogen-bond donors (Lipinski definition) is 0. The number of rotatable bonds is 7. The van der Waals surface area contributed by atoms with Gasteiger partial charge in [0, 0.05) is 7.05 Å². The van der Waals surface area contributed by atoms with Crippen molar-refractivity contribution in [3.05, 3.63) is 94.2 Å². The Bertz CT molecular complexity index is 1250. The third-order valence-electron chi connectivity index (χ3n) is 5.01. The molecule has 1 amide bonds. The minimum Gasteiger partial charge on any atom is -0.467 e. The highest BCUT2D eigenvalue weighted by atomic mass is 32.2. The second-order valence-electron chi connectivity index (χ2n) is 7.41. The molecule has 0 saturated carbocycles. The van der Waals surface area contributed by atoms with E-state index in [1.54, 1.807) is 34.9 Å². The van der Waals surface area contributed by atoms with Crippen molar-refractivity contribution >= 4 is 28.6 Å². The maximum atomic E-state index is 13.2. The van der Waals surface area contributed by atoms with Crippen LogP contribution in [0.1, 0.15) is 16.9 Å². The summed E-state index contributed by atoms with van der Waals surface area (Å²) < 4.78 is 6.97. The second kappa shape index (κ2) is 9.22. The first-order valence-corrected chi connectivity index (χ1v) is 10.9. The average molecular weight is 434 g/mol. The summed E-state index contributed by atoms with van der Waals surface area (Å²) in [6, 6.07) is 19.0. The molecular formula is C24H23N3O3S. The lowest BCUT2D eigenvalue weighted by molar-refractivity contribution is -0.127. The quantitative estimate of drug-likeness (QED) is 0.324. The van der Waals surface area contributed by atoms with E-state index in [0.29, 0.717) is 29.1 Å². The van der Waals surface area contributed by atoms with E-state index in [-0.39, 0.29) is 17.2 Å². The van der Waals surface area contributed by atoms with Gasteiger partial charge in [-0.25, -0.2) is 4.98 Å². The lowest BCUT2D eigenvalue weighted by atomic mass is 10.1. The summed E-state index contributed by atoms with van der Waals surface area (Å²) in [5.74, 6) is 0.835. The third kappa shape index (κ3) is 4.88. The number of carbonyl (C=O) groups is 1. The molecule has 158 valence electrons. The van der Waals surface area contributed by atoms with Crippen LogP contribution in [-0.4, -0.2) is 33.2 Å². The van der Waals surface area contributed by atoms with Crippen LogP contribution >= 0.6 is 11.8 Å². The van der Waals surface area contributed by atoms with Gasteiger partial charge in [0.05, 0.1) is 36.0 Å². The van der Waals surface area contributed by atoms with Crippen LogP contribution in [0.5, 0.6) is 0 Å². The fraction of sp³-hybridized carbons (Fsp3) is 0.208. The van der Waals surface area contributed by atoms with Crippen LogP contribution in [0.15, 0.2) is 81.3 Å². The SMILES string of the molecule is Cc1ccc(Cn2c(SCC(=O)N(C)Cc3ccco3)nc3ccccc3c2=O)cc1. The number of aryl methyl sites for hydroxylation is 1. The van der Waals surface area contributed by atoms with E-state index < -0.39 is 0 Å². The number of hydrogen-bond acceptors (Lipinski definition) is 5. The summed E-state index contributed by atoms with van der Waals surface area (Å²) in [4.78, 5) is 32.2. The van der Waals surface area contributed by atoms with E-state index in [4.69, 9.17) is 9.40 Å². The van der Waals surface area contributed by atoms with E-state index in [1.807, 2.05) is 55.5 Å². The van der Waals surface area contributed by atoms with Crippen LogP contribution in [0.2, 0.25) is 0 Å². The second-order valence-corrected chi connectivity index (χ2v) is 8.35. The van der Waals surface area contributed by atoms with E-state index in [0.717, 1.165) is 16.9 Å². The Morgan fingerprint density at radius 3 is 2.61 bits per heavy atom. The molecule has 31 heavy (non-hydrogen) atoms. The zero-order valence-corrected chi connectivity index (χ0v) is 18.3. The fourth-order valence-electron chi connectivity index (χ4n) is 3.23. The molecule has 2 heterocycles. The molecule has 0 atom stereocenters. The molecule has 0 aliphatic rings. The highest BCUT2D eigenvalue weighted by molar-refractivity contribution is 7.99. The number of para-hydroxylation sites is 1. The first-order chi connectivity index (χ1) is 15.0. The van der Waals surface area contributed by atoms with Crippen LogP contribution < -0.4 is 5.56 Å². The molecule has 7 heteroatoms. The van der Waals surface area contributed by atoms with Crippen LogP contribution in [0.25, 0.3) is 10.9 Å². The molecule has 4 rings (SSSR count). The molecule has 0 fully saturated rings. The van der Waals surface area contributed by atoms with E-state index >= 15 is 0 Å². The average Bonchev–Trinajstić information content (AvgIpc) is 3.28. The van der Waals surface area contributed by atoms with Crippen molar-refractivity contribution in [1.82, 2.24) is 14.5 Å². The van der Waals surface area contributed by atoms with E-state index in [1.165, 1.54) is 11.8 Å². The zero-order valence-electron chi connectivity index (χ0n) is 17.4. The molecule has 0 aliphatic heterocycles. The lowest BCUT2D eigenvalue weighted by Gasteiger charge is -2.17. The monoisotopic (exact) mass is 433 g/mol. The highest BCUT2D eigenvalue weighted by Gasteiger charge is 2.16. The Labute approximate surface area is 184 Å². The molecule has 0 radical (unpaired) electrons. The van der Waals surface area contributed by atoms with Gasteiger partial charge in [-0.05, 0) is 36.8 Å². The summed E-state index contributed by atoms with van der Waals surface area (Å²) in [6.07, 6.45) is 1.59. The molecule has 2 aromatic carbocycles. The molecule has 0 spiro atoms. The Morgan fingerprint density at radius 1 is 1.10 bits per heavy atom. The van der Waals surface area contributed by atoms with E-state index in [2.05, 4.69) is 0 Å². The predicted octanol–water partition coefficient (Wildman–Crippen LogP) is 4.10. The van der Waals surface area contributed by atoms with Gasteiger partial charge in [-0.3, -0.25) is 14.2 Å². The van der Waals surface area contributed by atoms with Gasteiger partial charge in [-0.15, -0.1) is 0 Å². The first-order valence-electron chi connectivity index (χ1n) is 9.95. The summed E-state index contributed by atoms with van der Waals surface area (Å²) in [5, 5.41) is 1.10. The molecule has 0 unspecified atom stereocenters. The van der Waals surface area contributed by atoms with Gasteiger partial charge in [-0.1, -0.05) is 53.7 Å². The van der Waals surface area contributed by atoms with Crippen molar-refractivity contribution in [1.29, 1.82) is 0 Å². The van der Waals surface area contributed by atoms with Gasteiger partial charge in [0.1, 0.15) is 5.76 Å². The summed E-state index contributed by atoms with van der Waals surface area (Å²) in [5.41, 5.74) is 2.69. The number of nitrogens with zero attached hydrogens (tertiary/aromatic N) is 3. The Morgan fingerprint density at radius 2 is 1.87 bits per heavy atom. The van der Waals surface area contributed by atoms with Crippen LogP contribution in [0.4, 0.5) is 0 Å². The molecule has 0 bridgehead atoms. The summed E-state index contributed by atoms with van der Waals surface area (Å²) in [7, 11) is 1.73. The number of amides is 1. The zero-order chi connectivity index (χ0) is 21.8. The molecule has 0 aliphatic carbocycles. The van der Waals surface area contributed by atoms with Gasteiger partial charge in [-0.2, -0.15) is 0 Å². The number of fused-ring (bicyclic) bond motifs is 1. The largest absolute Gasteiger partial charge is 0.467 e. The number of thioether (sulfide) groups is 1. The van der Waals surface area contributed by atoms with Crippen molar-refractivity contribution in [2.45, 2.75) is 25.2 Å². The van der Waals surface area contributed by atoms with Crippen LogP contribution in [0.3, 0.4) is 0 Å². The normalized spacial score (nSPS) is 11.0. The number of furan rings is 1. The summed E-state index contributed by atoms with van der Waals surface area (Å²) in [6.45, 7) is 2.82. The number of aromatic nitrogens is 2. The fourth-order valence-corrected chi connectivity index (χ4v) is 4.17. The lowest BCUT2D eigenvalue weighted by Crippen LogP contribution is -2.29. The van der Waals surface area contributed by atoms with Crippen LogP contribution in [-0.2, 0) is 17.9 Å². The molecule has 4 aromatic rings. The number of carbonyl (C=O) groups excluding carboxylic acids is 1. The Kier molecular flexibility index (Phi) is 6.23. The van der Waals surface area contributed by atoms with E-state index in [9.17, 15) is 9.59 Å². The minimum atomic E-state index is -0.106. The van der Waals surface area contributed by atoms with Gasteiger partial charge < -0.3 is 9.32 Å². The van der Waals surface area contributed by atoms with Crippen molar-refractivity contribution in [3.8, 4) is 0 Å². The van der Waals surface area contributed by atoms with Gasteiger partial charge in [0.25, 0.3) is 5.56 Å². The standard InChI is InChI=1S/C24H23N3O3S/c1-17-9-11-18(12-10-17)14-27-23(29)20-7-3-4-8-21(20)25-24(27)31-16-22(28)26(2)15-19-6-5-13-30-19/h3-13H,14-16H2,1-2H3. The van der Waals surface area contributed by atoms with Gasteiger partial charge in [0.2, 0.25) is 5.91 Å². The minimum absolute atomic E-state index is 0.0642. The third-order valence-corrected chi connectivity index (χ3v) is 5.97. The Hall–Kier alpha value is -3.32. The van der Waals surface area contributed by atoms with Crippen molar-refractivity contribution in [3.63, 3.8) is 0 Å². The molecular weight excluding hydrogens is 410 g/mol. The topological polar surface area (TPSA) is 68.3 Å². The maximum absolute atomic E-state index is 13.2. The predicted molar refractivity (Wildman–Crippen MR) is 122 cm³/mol. The Balaban J connectivity index is 1.60. The molecule has 0 saturated heterocycles. The van der Waals surface area contributed by atoms with Crippen LogP contribution in [0, 0.1) is 6.92 Å². The molecule has 0 N–H and O–H groups in total.